The van der Waals surface area contributed by atoms with Crippen LogP contribution in [-0.2, 0) is 11.3 Å². The summed E-state index contributed by atoms with van der Waals surface area (Å²) in [5.41, 5.74) is 4.35. The highest BCUT2D eigenvalue weighted by molar-refractivity contribution is 5.90. The van der Waals surface area contributed by atoms with Gasteiger partial charge in [-0.1, -0.05) is 19.1 Å². The fraction of sp³-hybridized carbons (Fsp3) is 0.440. The summed E-state index contributed by atoms with van der Waals surface area (Å²) in [7, 11) is 0. The third-order valence-electron chi connectivity index (χ3n) is 6.41. The number of amides is 3. The monoisotopic (exact) mass is 435 g/mol. The van der Waals surface area contributed by atoms with Crippen molar-refractivity contribution in [1.29, 1.82) is 0 Å². The fourth-order valence-corrected chi connectivity index (χ4v) is 4.22. The molecule has 7 nitrogen and oxygen atoms in total. The molecular weight excluding hydrogens is 402 g/mol. The molecule has 170 valence electrons. The average molecular weight is 436 g/mol. The molecule has 0 bridgehead atoms. The molecule has 0 aliphatic carbocycles. The topological polar surface area (TPSA) is 76.7 Å². The van der Waals surface area contributed by atoms with E-state index in [0.717, 1.165) is 35.9 Å². The molecule has 2 aromatic rings. The second-order valence-corrected chi connectivity index (χ2v) is 8.80. The number of piperidine rings is 1. The number of nitrogens with one attached hydrogen (secondary N) is 3. The summed E-state index contributed by atoms with van der Waals surface area (Å²) in [6.07, 6.45) is 2.53. The molecule has 32 heavy (non-hydrogen) atoms. The van der Waals surface area contributed by atoms with E-state index in [-0.39, 0.29) is 11.9 Å². The van der Waals surface area contributed by atoms with Crippen LogP contribution in [0.3, 0.4) is 0 Å². The highest BCUT2D eigenvalue weighted by Crippen LogP contribution is 2.25. The normalized spacial score (nSPS) is 19.1. The van der Waals surface area contributed by atoms with Gasteiger partial charge in [-0.05, 0) is 67.6 Å². The third-order valence-corrected chi connectivity index (χ3v) is 6.41. The zero-order valence-corrected chi connectivity index (χ0v) is 18.9. The maximum absolute atomic E-state index is 12.3. The molecule has 3 amide bonds. The van der Waals surface area contributed by atoms with Crippen molar-refractivity contribution in [3.63, 3.8) is 0 Å². The fourth-order valence-electron chi connectivity index (χ4n) is 4.22. The first kappa shape index (κ1) is 22.0. The maximum Gasteiger partial charge on any atom is 0.318 e. The Morgan fingerprint density at radius 3 is 2.25 bits per heavy atom. The third kappa shape index (κ3) is 5.33. The first-order valence-electron chi connectivity index (χ1n) is 11.6. The number of hydrogen-bond donors (Lipinski definition) is 3. The Morgan fingerprint density at radius 2 is 1.66 bits per heavy atom. The Bertz CT molecular complexity index is 920. The van der Waals surface area contributed by atoms with Crippen molar-refractivity contribution in [2.24, 2.45) is 5.92 Å². The van der Waals surface area contributed by atoms with Gasteiger partial charge in [0.2, 0.25) is 5.91 Å². The summed E-state index contributed by atoms with van der Waals surface area (Å²) in [5, 5.41) is 9.06. The number of carbonyl (C=O) groups excluding carboxylic acids is 2. The van der Waals surface area contributed by atoms with Gasteiger partial charge in [0, 0.05) is 43.2 Å². The molecule has 1 unspecified atom stereocenters. The minimum absolute atomic E-state index is 0.153. The summed E-state index contributed by atoms with van der Waals surface area (Å²) in [6.45, 7) is 7.95. The van der Waals surface area contributed by atoms with Crippen LogP contribution < -0.4 is 20.9 Å². The van der Waals surface area contributed by atoms with Crippen LogP contribution in [0, 0.1) is 5.92 Å². The van der Waals surface area contributed by atoms with Crippen LogP contribution in [0.2, 0.25) is 0 Å². The van der Waals surface area contributed by atoms with E-state index < -0.39 is 6.04 Å². The number of benzene rings is 2. The molecule has 4 rings (SSSR count). The minimum Gasteiger partial charge on any atom is -0.372 e. The molecule has 1 atom stereocenters. The number of carbonyl (C=O) groups is 2. The number of urea groups is 1. The van der Waals surface area contributed by atoms with Gasteiger partial charge in [-0.3, -0.25) is 4.79 Å². The number of rotatable bonds is 7. The Kier molecular flexibility index (Phi) is 6.83. The molecule has 2 fully saturated rings. The number of anilines is 3. The van der Waals surface area contributed by atoms with Crippen molar-refractivity contribution in [3.8, 4) is 0 Å². The number of nitrogens with zero attached hydrogens (tertiary/aromatic N) is 2. The quantitative estimate of drug-likeness (QED) is 0.620. The van der Waals surface area contributed by atoms with E-state index in [1.807, 2.05) is 31.2 Å². The summed E-state index contributed by atoms with van der Waals surface area (Å²) < 4.78 is 0. The second-order valence-electron chi connectivity index (χ2n) is 8.80. The first-order chi connectivity index (χ1) is 15.5. The summed E-state index contributed by atoms with van der Waals surface area (Å²) in [5.74, 6) is 0.679. The average Bonchev–Trinajstić information content (AvgIpc) is 3.20. The molecule has 0 saturated carbocycles. The van der Waals surface area contributed by atoms with Crippen LogP contribution in [-0.4, -0.2) is 49.1 Å². The SMILES string of the molecule is CCN1CC(C(=O)NCc2ccc(Nc3ccc(N4CCC(C)CC4)cc3)cc2)NC1=O. The predicted octanol–water partition coefficient (Wildman–Crippen LogP) is 3.70. The van der Waals surface area contributed by atoms with Crippen LogP contribution >= 0.6 is 0 Å². The predicted molar refractivity (Wildman–Crippen MR) is 128 cm³/mol. The second kappa shape index (κ2) is 9.94. The summed E-state index contributed by atoms with van der Waals surface area (Å²) in [4.78, 5) is 28.1. The number of hydrogen-bond acceptors (Lipinski definition) is 4. The Labute approximate surface area is 190 Å². The van der Waals surface area contributed by atoms with Crippen LogP contribution in [0.1, 0.15) is 32.3 Å². The van der Waals surface area contributed by atoms with Crippen LogP contribution in [0.25, 0.3) is 0 Å². The molecule has 2 heterocycles. The molecule has 3 N–H and O–H groups in total. The molecule has 2 aromatic carbocycles. The highest BCUT2D eigenvalue weighted by atomic mass is 16.2. The molecule has 0 aromatic heterocycles. The molecule has 2 saturated heterocycles. The Balaban J connectivity index is 1.26. The van der Waals surface area contributed by atoms with E-state index in [0.29, 0.717) is 19.6 Å². The van der Waals surface area contributed by atoms with Gasteiger partial charge in [0.1, 0.15) is 6.04 Å². The lowest BCUT2D eigenvalue weighted by atomic mass is 9.99. The largest absolute Gasteiger partial charge is 0.372 e. The lowest BCUT2D eigenvalue weighted by Crippen LogP contribution is -2.42. The lowest BCUT2D eigenvalue weighted by Gasteiger charge is -2.32. The molecule has 7 heteroatoms. The van der Waals surface area contributed by atoms with Gasteiger partial charge in [-0.25, -0.2) is 4.79 Å². The standard InChI is InChI=1S/C25H33N5O2/c1-3-29-17-23(28-25(29)32)24(31)26-16-19-4-6-20(7-5-19)27-21-8-10-22(11-9-21)30-14-12-18(2)13-15-30/h4-11,18,23,27H,3,12-17H2,1-2H3,(H,26,31)(H,28,32). The summed E-state index contributed by atoms with van der Waals surface area (Å²) in [6, 6.07) is 16.0. The van der Waals surface area contributed by atoms with Gasteiger partial charge in [-0.2, -0.15) is 0 Å². The van der Waals surface area contributed by atoms with Crippen molar-refractivity contribution >= 4 is 29.0 Å². The van der Waals surface area contributed by atoms with Crippen LogP contribution in [0.4, 0.5) is 21.9 Å². The van der Waals surface area contributed by atoms with Crippen molar-refractivity contribution in [2.45, 2.75) is 39.3 Å². The van der Waals surface area contributed by atoms with E-state index in [1.54, 1.807) is 4.90 Å². The zero-order chi connectivity index (χ0) is 22.5. The van der Waals surface area contributed by atoms with Gasteiger partial charge < -0.3 is 25.8 Å². The molecule has 2 aliphatic rings. The Hall–Kier alpha value is -3.22. The van der Waals surface area contributed by atoms with Gasteiger partial charge in [-0.15, -0.1) is 0 Å². The molecule has 2 aliphatic heterocycles. The van der Waals surface area contributed by atoms with Crippen molar-refractivity contribution in [2.75, 3.05) is 36.4 Å². The van der Waals surface area contributed by atoms with Crippen molar-refractivity contribution in [1.82, 2.24) is 15.5 Å². The van der Waals surface area contributed by atoms with E-state index >= 15 is 0 Å². The van der Waals surface area contributed by atoms with Gasteiger partial charge in [0.15, 0.2) is 0 Å². The van der Waals surface area contributed by atoms with Crippen molar-refractivity contribution < 1.29 is 9.59 Å². The molecular formula is C25H33N5O2. The van der Waals surface area contributed by atoms with E-state index in [9.17, 15) is 9.59 Å². The van der Waals surface area contributed by atoms with E-state index in [4.69, 9.17) is 0 Å². The minimum atomic E-state index is -0.486. The van der Waals surface area contributed by atoms with E-state index in [1.165, 1.54) is 18.5 Å². The smallest absolute Gasteiger partial charge is 0.318 e. The Morgan fingerprint density at radius 1 is 1.03 bits per heavy atom. The maximum atomic E-state index is 12.3. The van der Waals surface area contributed by atoms with Gasteiger partial charge in [0.05, 0.1) is 6.54 Å². The summed E-state index contributed by atoms with van der Waals surface area (Å²) >= 11 is 0. The first-order valence-corrected chi connectivity index (χ1v) is 11.6. The van der Waals surface area contributed by atoms with Crippen LogP contribution in [0.5, 0.6) is 0 Å². The van der Waals surface area contributed by atoms with Gasteiger partial charge in [0.25, 0.3) is 0 Å². The lowest BCUT2D eigenvalue weighted by molar-refractivity contribution is -0.122. The molecule has 0 radical (unpaired) electrons. The molecule has 0 spiro atoms. The highest BCUT2D eigenvalue weighted by Gasteiger charge is 2.32. The number of likely N-dealkylation sites (N-methyl/N-ethyl adjacent to an activating group) is 1. The van der Waals surface area contributed by atoms with Crippen molar-refractivity contribution in [3.05, 3.63) is 54.1 Å². The van der Waals surface area contributed by atoms with Crippen LogP contribution in [0.15, 0.2) is 48.5 Å². The van der Waals surface area contributed by atoms with Gasteiger partial charge >= 0.3 is 6.03 Å². The zero-order valence-electron chi connectivity index (χ0n) is 18.9. The van der Waals surface area contributed by atoms with E-state index in [2.05, 4.69) is 52.0 Å².